The van der Waals surface area contributed by atoms with Crippen LogP contribution in [0.2, 0.25) is 0 Å². The van der Waals surface area contributed by atoms with Crippen LogP contribution in [0.15, 0.2) is 65.3 Å². The zero-order valence-electron chi connectivity index (χ0n) is 13.0. The van der Waals surface area contributed by atoms with Gasteiger partial charge in [-0.15, -0.1) is 0 Å². The lowest BCUT2D eigenvalue weighted by atomic mass is 10.00. The van der Waals surface area contributed by atoms with Gasteiger partial charge in [-0.25, -0.2) is 4.98 Å². The van der Waals surface area contributed by atoms with E-state index in [4.69, 9.17) is 9.40 Å². The molecule has 0 spiro atoms. The fourth-order valence-electron chi connectivity index (χ4n) is 3.16. The molecule has 3 nitrogen and oxygen atoms in total. The van der Waals surface area contributed by atoms with Crippen LogP contribution in [0, 0.1) is 0 Å². The number of nitrogens with zero attached hydrogens (tertiary/aromatic N) is 1. The molecule has 1 fully saturated rings. The predicted molar refractivity (Wildman–Crippen MR) is 92.2 cm³/mol. The Labute approximate surface area is 136 Å². The van der Waals surface area contributed by atoms with Crippen molar-refractivity contribution >= 4 is 0 Å². The van der Waals surface area contributed by atoms with Gasteiger partial charge in [-0.3, -0.25) is 0 Å². The van der Waals surface area contributed by atoms with Crippen LogP contribution in [0.5, 0.6) is 0 Å². The van der Waals surface area contributed by atoms with E-state index in [1.165, 1.54) is 17.5 Å². The third kappa shape index (κ3) is 3.06. The van der Waals surface area contributed by atoms with Gasteiger partial charge in [0.25, 0.3) is 0 Å². The first-order valence-electron chi connectivity index (χ1n) is 8.22. The molecule has 23 heavy (non-hydrogen) atoms. The molecule has 2 heterocycles. The van der Waals surface area contributed by atoms with E-state index in [2.05, 4.69) is 53.8 Å². The smallest absolute Gasteiger partial charge is 0.198 e. The molecule has 1 aliphatic heterocycles. The average Bonchev–Trinajstić information content (AvgIpc) is 3.14. The van der Waals surface area contributed by atoms with Gasteiger partial charge in [0.05, 0.1) is 0 Å². The molecule has 1 aliphatic rings. The van der Waals surface area contributed by atoms with Gasteiger partial charge in [-0.2, -0.15) is 0 Å². The number of nitrogens with one attached hydrogen (secondary N) is 1. The fourth-order valence-corrected chi connectivity index (χ4v) is 3.16. The summed E-state index contributed by atoms with van der Waals surface area (Å²) in [4.78, 5) is 4.73. The van der Waals surface area contributed by atoms with Crippen molar-refractivity contribution in [3.8, 4) is 22.4 Å². The second kappa shape index (κ2) is 6.39. The molecule has 3 aromatic rings. The van der Waals surface area contributed by atoms with E-state index in [1.807, 2.05) is 6.07 Å². The summed E-state index contributed by atoms with van der Waals surface area (Å²) in [6.45, 7) is 2.06. The summed E-state index contributed by atoms with van der Waals surface area (Å²) >= 11 is 0. The van der Waals surface area contributed by atoms with E-state index in [9.17, 15) is 0 Å². The van der Waals surface area contributed by atoms with Gasteiger partial charge in [0.1, 0.15) is 12.0 Å². The average molecular weight is 304 g/mol. The minimum atomic E-state index is 0.398. The normalized spacial score (nSPS) is 18.0. The van der Waals surface area contributed by atoms with Crippen LogP contribution >= 0.6 is 0 Å². The first-order valence-corrected chi connectivity index (χ1v) is 8.22. The number of benzene rings is 2. The minimum Gasteiger partial charge on any atom is -0.448 e. The third-order valence-electron chi connectivity index (χ3n) is 4.43. The van der Waals surface area contributed by atoms with E-state index < -0.39 is 0 Å². The molecule has 4 rings (SSSR count). The standard InChI is InChI=1S/C20H20N2O/c1-2-6-15(7-3-1)16-8-4-9-17(12-16)19-14-23-20(22-19)18-10-5-11-21-13-18/h1-4,6-9,12,14,18,21H,5,10-11,13H2. The molecular weight excluding hydrogens is 284 g/mol. The Morgan fingerprint density at radius 1 is 0.957 bits per heavy atom. The number of rotatable bonds is 3. The second-order valence-corrected chi connectivity index (χ2v) is 6.06. The lowest BCUT2D eigenvalue weighted by Gasteiger charge is -2.19. The number of hydrogen-bond acceptors (Lipinski definition) is 3. The van der Waals surface area contributed by atoms with E-state index in [-0.39, 0.29) is 0 Å². The minimum absolute atomic E-state index is 0.398. The Hall–Kier alpha value is -2.39. The first-order chi connectivity index (χ1) is 11.4. The zero-order valence-corrected chi connectivity index (χ0v) is 13.0. The molecule has 3 heteroatoms. The molecule has 1 aromatic heterocycles. The number of oxazole rings is 1. The summed E-state index contributed by atoms with van der Waals surface area (Å²) < 4.78 is 5.75. The van der Waals surface area contributed by atoms with E-state index in [1.54, 1.807) is 6.26 Å². The Kier molecular flexibility index (Phi) is 3.95. The Morgan fingerprint density at radius 3 is 2.61 bits per heavy atom. The van der Waals surface area contributed by atoms with E-state index in [0.29, 0.717) is 5.92 Å². The second-order valence-electron chi connectivity index (χ2n) is 6.06. The summed E-state index contributed by atoms with van der Waals surface area (Å²) in [7, 11) is 0. The molecule has 116 valence electrons. The number of piperidine rings is 1. The molecule has 0 radical (unpaired) electrons. The molecular formula is C20H20N2O. The maximum absolute atomic E-state index is 5.75. The van der Waals surface area contributed by atoms with Gasteiger partial charge in [-0.05, 0) is 36.6 Å². The van der Waals surface area contributed by atoms with Gasteiger partial charge >= 0.3 is 0 Å². The number of aromatic nitrogens is 1. The molecule has 0 saturated carbocycles. The summed E-state index contributed by atoms with van der Waals surface area (Å²) in [6.07, 6.45) is 4.12. The van der Waals surface area contributed by atoms with Crippen molar-refractivity contribution in [3.05, 3.63) is 66.8 Å². The quantitative estimate of drug-likeness (QED) is 0.775. The topological polar surface area (TPSA) is 38.1 Å². The van der Waals surface area contributed by atoms with Crippen LogP contribution in [-0.4, -0.2) is 18.1 Å². The fraction of sp³-hybridized carbons (Fsp3) is 0.250. The van der Waals surface area contributed by atoms with Crippen LogP contribution in [0.3, 0.4) is 0 Å². The third-order valence-corrected chi connectivity index (χ3v) is 4.43. The largest absolute Gasteiger partial charge is 0.448 e. The van der Waals surface area contributed by atoms with Crippen LogP contribution in [0.1, 0.15) is 24.7 Å². The van der Waals surface area contributed by atoms with Crippen molar-refractivity contribution in [1.29, 1.82) is 0 Å². The lowest BCUT2D eigenvalue weighted by molar-refractivity contribution is 0.376. The van der Waals surface area contributed by atoms with E-state index in [0.717, 1.165) is 36.7 Å². The molecule has 1 N–H and O–H groups in total. The molecule has 2 aromatic carbocycles. The first kappa shape index (κ1) is 14.2. The van der Waals surface area contributed by atoms with Crippen LogP contribution < -0.4 is 5.32 Å². The van der Waals surface area contributed by atoms with Crippen molar-refractivity contribution < 1.29 is 4.42 Å². The SMILES string of the molecule is c1ccc(-c2cccc(-c3coc(C4CCCNC4)n3)c2)cc1. The monoisotopic (exact) mass is 304 g/mol. The molecule has 0 aliphatic carbocycles. The highest BCUT2D eigenvalue weighted by molar-refractivity contribution is 5.71. The van der Waals surface area contributed by atoms with Gasteiger partial charge in [0.15, 0.2) is 5.89 Å². The van der Waals surface area contributed by atoms with Crippen LogP contribution in [-0.2, 0) is 0 Å². The Balaban J connectivity index is 1.62. The zero-order chi connectivity index (χ0) is 15.5. The molecule has 0 bridgehead atoms. The highest BCUT2D eigenvalue weighted by Gasteiger charge is 2.20. The van der Waals surface area contributed by atoms with Crippen molar-refractivity contribution in [2.24, 2.45) is 0 Å². The highest BCUT2D eigenvalue weighted by Crippen LogP contribution is 2.29. The summed E-state index contributed by atoms with van der Waals surface area (Å²) in [5.74, 6) is 1.26. The Morgan fingerprint density at radius 2 is 1.78 bits per heavy atom. The Bertz CT molecular complexity index is 773. The summed E-state index contributed by atoms with van der Waals surface area (Å²) in [5, 5.41) is 3.41. The van der Waals surface area contributed by atoms with Crippen LogP contribution in [0.4, 0.5) is 0 Å². The van der Waals surface area contributed by atoms with Crippen LogP contribution in [0.25, 0.3) is 22.4 Å². The molecule has 1 saturated heterocycles. The van der Waals surface area contributed by atoms with Gasteiger partial charge in [0.2, 0.25) is 0 Å². The van der Waals surface area contributed by atoms with E-state index >= 15 is 0 Å². The molecule has 0 amide bonds. The van der Waals surface area contributed by atoms with Gasteiger partial charge < -0.3 is 9.73 Å². The van der Waals surface area contributed by atoms with Crippen molar-refractivity contribution in [2.75, 3.05) is 13.1 Å². The summed E-state index contributed by atoms with van der Waals surface area (Å²) in [6, 6.07) is 18.9. The van der Waals surface area contributed by atoms with Crippen molar-refractivity contribution in [2.45, 2.75) is 18.8 Å². The molecule has 1 atom stereocenters. The lowest BCUT2D eigenvalue weighted by Crippen LogP contribution is -2.28. The van der Waals surface area contributed by atoms with Gasteiger partial charge in [0, 0.05) is 18.0 Å². The van der Waals surface area contributed by atoms with Gasteiger partial charge in [-0.1, -0.05) is 48.5 Å². The van der Waals surface area contributed by atoms with Crippen molar-refractivity contribution in [3.63, 3.8) is 0 Å². The highest BCUT2D eigenvalue weighted by atomic mass is 16.3. The predicted octanol–water partition coefficient (Wildman–Crippen LogP) is 4.48. The molecule has 1 unspecified atom stereocenters. The number of hydrogen-bond donors (Lipinski definition) is 1. The maximum atomic E-state index is 5.75. The summed E-state index contributed by atoms with van der Waals surface area (Å²) in [5.41, 5.74) is 4.44. The maximum Gasteiger partial charge on any atom is 0.198 e. The van der Waals surface area contributed by atoms with Crippen molar-refractivity contribution in [1.82, 2.24) is 10.3 Å².